The Morgan fingerprint density at radius 2 is 1.81 bits per heavy atom. The number of aryl methyl sites for hydroxylation is 3. The summed E-state index contributed by atoms with van der Waals surface area (Å²) in [6, 6.07) is 10.0. The van der Waals surface area contributed by atoms with E-state index in [1.165, 1.54) is 5.56 Å². The van der Waals surface area contributed by atoms with Gasteiger partial charge >= 0.3 is 0 Å². The lowest BCUT2D eigenvalue weighted by Crippen LogP contribution is -1.89. The summed E-state index contributed by atoms with van der Waals surface area (Å²) in [5, 5.41) is 0. The highest BCUT2D eigenvalue weighted by atomic mass is 16.5. The van der Waals surface area contributed by atoms with Crippen LogP contribution in [0.25, 0.3) is 0 Å². The molecule has 2 aromatic rings. The second-order valence-corrected chi connectivity index (χ2v) is 4.01. The Balaban J connectivity index is 2.23. The average molecular weight is 213 g/mol. The summed E-state index contributed by atoms with van der Waals surface area (Å²) in [5.74, 6) is 1.66. The summed E-state index contributed by atoms with van der Waals surface area (Å²) >= 11 is 0. The van der Waals surface area contributed by atoms with Gasteiger partial charge in [0.25, 0.3) is 0 Å². The third kappa shape index (κ3) is 2.40. The number of benzene rings is 1. The maximum Gasteiger partial charge on any atom is 0.145 e. The van der Waals surface area contributed by atoms with Crippen LogP contribution >= 0.6 is 0 Å². The van der Waals surface area contributed by atoms with Gasteiger partial charge in [-0.15, -0.1) is 0 Å². The fraction of sp³-hybridized carbons (Fsp3) is 0.214. The molecule has 0 unspecified atom stereocenters. The Bertz CT molecular complexity index is 489. The van der Waals surface area contributed by atoms with Crippen LogP contribution in [0.15, 0.2) is 36.5 Å². The van der Waals surface area contributed by atoms with Gasteiger partial charge in [0.15, 0.2) is 0 Å². The van der Waals surface area contributed by atoms with Gasteiger partial charge in [-0.2, -0.15) is 0 Å². The van der Waals surface area contributed by atoms with Crippen LogP contribution in [0.4, 0.5) is 0 Å². The van der Waals surface area contributed by atoms with Crippen molar-refractivity contribution in [1.29, 1.82) is 0 Å². The molecule has 82 valence electrons. The van der Waals surface area contributed by atoms with E-state index < -0.39 is 0 Å². The lowest BCUT2D eigenvalue weighted by molar-refractivity contribution is 0.476. The monoisotopic (exact) mass is 213 g/mol. The van der Waals surface area contributed by atoms with Crippen LogP contribution in [0.1, 0.15) is 16.8 Å². The van der Waals surface area contributed by atoms with Crippen LogP contribution in [0.3, 0.4) is 0 Å². The summed E-state index contributed by atoms with van der Waals surface area (Å²) < 4.78 is 5.76. The van der Waals surface area contributed by atoms with Gasteiger partial charge in [0.1, 0.15) is 11.5 Å². The average Bonchev–Trinajstić information content (AvgIpc) is 2.25. The Hall–Kier alpha value is -1.83. The molecule has 2 rings (SSSR count). The zero-order valence-electron chi connectivity index (χ0n) is 9.82. The minimum atomic E-state index is 0.776. The smallest absolute Gasteiger partial charge is 0.145 e. The van der Waals surface area contributed by atoms with Crippen molar-refractivity contribution in [3.63, 3.8) is 0 Å². The Kier molecular flexibility index (Phi) is 2.91. The van der Waals surface area contributed by atoms with Crippen molar-refractivity contribution in [2.24, 2.45) is 0 Å². The van der Waals surface area contributed by atoms with Crippen LogP contribution in [0, 0.1) is 20.8 Å². The number of rotatable bonds is 2. The summed E-state index contributed by atoms with van der Waals surface area (Å²) in [6.45, 7) is 6.08. The van der Waals surface area contributed by atoms with E-state index in [2.05, 4.69) is 18.0 Å². The molecule has 0 saturated heterocycles. The van der Waals surface area contributed by atoms with Crippen molar-refractivity contribution < 1.29 is 4.74 Å². The van der Waals surface area contributed by atoms with Crippen molar-refractivity contribution in [2.45, 2.75) is 20.8 Å². The molecule has 2 heteroatoms. The van der Waals surface area contributed by atoms with Crippen molar-refractivity contribution in [2.75, 3.05) is 0 Å². The largest absolute Gasteiger partial charge is 0.455 e. The number of nitrogens with zero attached hydrogens (tertiary/aromatic N) is 1. The summed E-state index contributed by atoms with van der Waals surface area (Å²) in [4.78, 5) is 4.20. The maximum absolute atomic E-state index is 5.76. The summed E-state index contributed by atoms with van der Waals surface area (Å²) in [6.07, 6.45) is 1.74. The second kappa shape index (κ2) is 4.35. The molecule has 0 aliphatic heterocycles. The van der Waals surface area contributed by atoms with Crippen molar-refractivity contribution >= 4 is 0 Å². The zero-order chi connectivity index (χ0) is 11.5. The highest BCUT2D eigenvalue weighted by Crippen LogP contribution is 2.24. The number of hydrogen-bond donors (Lipinski definition) is 0. The van der Waals surface area contributed by atoms with Gasteiger partial charge in [-0.25, -0.2) is 0 Å². The molecule has 0 radical (unpaired) electrons. The molecule has 0 saturated carbocycles. The molecule has 1 aromatic heterocycles. The van der Waals surface area contributed by atoms with Crippen LogP contribution in [-0.4, -0.2) is 4.98 Å². The van der Waals surface area contributed by atoms with Crippen LogP contribution in [0.2, 0.25) is 0 Å². The Morgan fingerprint density at radius 1 is 1.00 bits per heavy atom. The first-order chi connectivity index (χ1) is 7.65. The molecule has 2 nitrogen and oxygen atoms in total. The Labute approximate surface area is 95.9 Å². The first-order valence-electron chi connectivity index (χ1n) is 5.33. The highest BCUT2D eigenvalue weighted by Gasteiger charge is 2.01. The molecule has 0 amide bonds. The predicted molar refractivity (Wildman–Crippen MR) is 65.0 cm³/mol. The molecule has 0 aliphatic carbocycles. The van der Waals surface area contributed by atoms with Crippen LogP contribution in [-0.2, 0) is 0 Å². The van der Waals surface area contributed by atoms with Crippen molar-refractivity contribution in [3.05, 3.63) is 53.3 Å². The first kappa shape index (κ1) is 10.7. The van der Waals surface area contributed by atoms with Gasteiger partial charge in [0.05, 0.1) is 6.20 Å². The predicted octanol–water partition coefficient (Wildman–Crippen LogP) is 3.80. The molecule has 0 N–H and O–H groups in total. The molecular weight excluding hydrogens is 198 g/mol. The lowest BCUT2D eigenvalue weighted by atomic mass is 10.1. The first-order valence-corrected chi connectivity index (χ1v) is 5.33. The molecule has 0 atom stereocenters. The lowest BCUT2D eigenvalue weighted by Gasteiger charge is -2.08. The van der Waals surface area contributed by atoms with Gasteiger partial charge in [0, 0.05) is 5.69 Å². The molecule has 0 aliphatic rings. The van der Waals surface area contributed by atoms with E-state index in [1.54, 1.807) is 6.20 Å². The number of aromatic nitrogens is 1. The molecule has 16 heavy (non-hydrogen) atoms. The molecule has 0 bridgehead atoms. The van der Waals surface area contributed by atoms with Gasteiger partial charge in [0.2, 0.25) is 0 Å². The van der Waals surface area contributed by atoms with Crippen LogP contribution in [0.5, 0.6) is 11.5 Å². The third-order valence-electron chi connectivity index (χ3n) is 2.44. The maximum atomic E-state index is 5.76. The van der Waals surface area contributed by atoms with E-state index in [0.717, 1.165) is 22.8 Å². The van der Waals surface area contributed by atoms with E-state index in [9.17, 15) is 0 Å². The van der Waals surface area contributed by atoms with Gasteiger partial charge in [-0.05, 0) is 44.5 Å². The third-order valence-corrected chi connectivity index (χ3v) is 2.44. The summed E-state index contributed by atoms with van der Waals surface area (Å²) in [7, 11) is 0. The van der Waals surface area contributed by atoms with Crippen LogP contribution < -0.4 is 4.74 Å². The van der Waals surface area contributed by atoms with E-state index in [1.807, 2.05) is 38.1 Å². The molecule has 1 aromatic carbocycles. The van der Waals surface area contributed by atoms with E-state index >= 15 is 0 Å². The summed E-state index contributed by atoms with van der Waals surface area (Å²) in [5.41, 5.74) is 3.38. The topological polar surface area (TPSA) is 22.1 Å². The van der Waals surface area contributed by atoms with E-state index in [4.69, 9.17) is 4.74 Å². The van der Waals surface area contributed by atoms with E-state index in [0.29, 0.717) is 0 Å². The highest BCUT2D eigenvalue weighted by molar-refractivity contribution is 5.38. The number of hydrogen-bond acceptors (Lipinski definition) is 2. The minimum Gasteiger partial charge on any atom is -0.455 e. The number of pyridine rings is 1. The Morgan fingerprint density at radius 3 is 2.44 bits per heavy atom. The standard InChI is InChI=1S/C14H15NO/c1-10-4-7-14(11(2)8-10)16-13-6-5-12(3)15-9-13/h4-9H,1-3H3. The van der Waals surface area contributed by atoms with Gasteiger partial charge < -0.3 is 4.74 Å². The molecule has 0 fully saturated rings. The second-order valence-electron chi connectivity index (χ2n) is 4.01. The normalized spacial score (nSPS) is 10.2. The van der Waals surface area contributed by atoms with Crippen molar-refractivity contribution in [1.82, 2.24) is 4.98 Å². The fourth-order valence-electron chi connectivity index (χ4n) is 1.56. The van der Waals surface area contributed by atoms with Gasteiger partial charge in [-0.3, -0.25) is 4.98 Å². The fourth-order valence-corrected chi connectivity index (χ4v) is 1.56. The SMILES string of the molecule is Cc1ccc(Oc2ccc(C)nc2)c(C)c1. The molecule has 0 spiro atoms. The van der Waals surface area contributed by atoms with Crippen molar-refractivity contribution in [3.8, 4) is 11.5 Å². The minimum absolute atomic E-state index is 0.776. The van der Waals surface area contributed by atoms with Gasteiger partial charge in [-0.1, -0.05) is 17.7 Å². The quantitative estimate of drug-likeness (QED) is 0.757. The zero-order valence-corrected chi connectivity index (χ0v) is 9.82. The molecular formula is C14H15NO. The van der Waals surface area contributed by atoms with E-state index in [-0.39, 0.29) is 0 Å². The molecule has 1 heterocycles. The number of ether oxygens (including phenoxy) is 1.